The number of nitrogens with one attached hydrogen (secondary N) is 1. The largest absolute Gasteiger partial charge is 0.396 e. The van der Waals surface area contributed by atoms with Crippen LogP contribution in [0.3, 0.4) is 0 Å². The van der Waals surface area contributed by atoms with Crippen LogP contribution in [0.4, 0.5) is 0 Å². The van der Waals surface area contributed by atoms with E-state index < -0.39 is 11.5 Å². The number of hydrogen-bond acceptors (Lipinski definition) is 3. The van der Waals surface area contributed by atoms with Crippen LogP contribution in [0.15, 0.2) is 30.3 Å². The summed E-state index contributed by atoms with van der Waals surface area (Å²) < 4.78 is 0. The molecule has 106 valence electrons. The molecule has 0 heterocycles. The van der Waals surface area contributed by atoms with Crippen LogP contribution in [0.1, 0.15) is 26.3 Å². The molecule has 2 atom stereocenters. The summed E-state index contributed by atoms with van der Waals surface area (Å²) in [6.45, 7) is 5.37. The van der Waals surface area contributed by atoms with Gasteiger partial charge in [-0.1, -0.05) is 44.2 Å². The molecule has 19 heavy (non-hydrogen) atoms. The lowest BCUT2D eigenvalue weighted by molar-refractivity contribution is -0.128. The highest BCUT2D eigenvalue weighted by Gasteiger charge is 2.26. The Morgan fingerprint density at radius 3 is 2.37 bits per heavy atom. The van der Waals surface area contributed by atoms with E-state index in [1.807, 2.05) is 44.2 Å². The molecule has 0 unspecified atom stereocenters. The monoisotopic (exact) mass is 265 g/mol. The topological polar surface area (TPSA) is 69.6 Å². The van der Waals surface area contributed by atoms with Crippen LogP contribution < -0.4 is 5.32 Å². The van der Waals surface area contributed by atoms with E-state index in [1.54, 1.807) is 6.92 Å². The van der Waals surface area contributed by atoms with Crippen molar-refractivity contribution in [2.24, 2.45) is 11.8 Å². The van der Waals surface area contributed by atoms with Gasteiger partial charge in [-0.05, 0) is 18.4 Å². The zero-order valence-corrected chi connectivity index (χ0v) is 11.8. The van der Waals surface area contributed by atoms with Crippen molar-refractivity contribution in [3.8, 4) is 0 Å². The molecule has 0 aromatic heterocycles. The second-order valence-electron chi connectivity index (χ2n) is 5.39. The molecule has 0 spiro atoms. The molecule has 1 rings (SSSR count). The number of aliphatic hydroxyl groups excluding tert-OH is 1. The minimum absolute atomic E-state index is 0.0617. The fraction of sp³-hybridized carbons (Fsp3) is 0.533. The second kappa shape index (κ2) is 6.68. The average Bonchev–Trinajstić information content (AvgIpc) is 2.38. The zero-order chi connectivity index (χ0) is 14.5. The van der Waals surface area contributed by atoms with Gasteiger partial charge >= 0.3 is 0 Å². The van der Waals surface area contributed by atoms with Crippen molar-refractivity contribution in [2.45, 2.75) is 26.4 Å². The SMILES string of the molecule is CC(C)[C@H](CO)C(=O)NC[C@@](C)(O)c1ccccc1. The average molecular weight is 265 g/mol. The summed E-state index contributed by atoms with van der Waals surface area (Å²) in [5.74, 6) is -0.605. The third-order valence-corrected chi connectivity index (χ3v) is 3.34. The van der Waals surface area contributed by atoms with Gasteiger partial charge in [0.05, 0.1) is 19.1 Å². The molecule has 4 heteroatoms. The Morgan fingerprint density at radius 2 is 1.89 bits per heavy atom. The summed E-state index contributed by atoms with van der Waals surface area (Å²) in [6.07, 6.45) is 0. The molecular formula is C15H23NO3. The van der Waals surface area contributed by atoms with Crippen molar-refractivity contribution in [1.82, 2.24) is 5.32 Å². The lowest BCUT2D eigenvalue weighted by Crippen LogP contribution is -2.43. The molecule has 0 fully saturated rings. The molecule has 0 aliphatic rings. The summed E-state index contributed by atoms with van der Waals surface area (Å²) in [7, 11) is 0. The fourth-order valence-electron chi connectivity index (χ4n) is 1.89. The first-order valence-corrected chi connectivity index (χ1v) is 6.55. The number of carbonyl (C=O) groups is 1. The van der Waals surface area contributed by atoms with E-state index in [9.17, 15) is 15.0 Å². The van der Waals surface area contributed by atoms with Crippen LogP contribution in [-0.4, -0.2) is 29.3 Å². The highest BCUT2D eigenvalue weighted by molar-refractivity contribution is 5.79. The lowest BCUT2D eigenvalue weighted by Gasteiger charge is -2.26. The predicted molar refractivity (Wildman–Crippen MR) is 74.4 cm³/mol. The van der Waals surface area contributed by atoms with Gasteiger partial charge in [0.15, 0.2) is 0 Å². The molecule has 0 saturated carbocycles. The molecule has 0 saturated heterocycles. The van der Waals surface area contributed by atoms with Crippen LogP contribution in [0.2, 0.25) is 0 Å². The molecule has 1 aromatic rings. The first kappa shape index (κ1) is 15.7. The molecule has 0 bridgehead atoms. The fourth-order valence-corrected chi connectivity index (χ4v) is 1.89. The first-order valence-electron chi connectivity index (χ1n) is 6.55. The first-order chi connectivity index (χ1) is 8.88. The Hall–Kier alpha value is -1.39. The Morgan fingerprint density at radius 1 is 1.32 bits per heavy atom. The van der Waals surface area contributed by atoms with Gasteiger partial charge in [0, 0.05) is 0 Å². The summed E-state index contributed by atoms with van der Waals surface area (Å²) in [6, 6.07) is 9.20. The number of carbonyl (C=O) groups excluding carboxylic acids is 1. The van der Waals surface area contributed by atoms with Gasteiger partial charge in [0.1, 0.15) is 5.60 Å². The Bertz CT molecular complexity index is 401. The van der Waals surface area contributed by atoms with Crippen molar-refractivity contribution < 1.29 is 15.0 Å². The molecule has 4 nitrogen and oxygen atoms in total. The van der Waals surface area contributed by atoms with Crippen LogP contribution in [-0.2, 0) is 10.4 Å². The van der Waals surface area contributed by atoms with E-state index in [4.69, 9.17) is 0 Å². The number of amides is 1. The number of benzene rings is 1. The van der Waals surface area contributed by atoms with Crippen LogP contribution >= 0.6 is 0 Å². The van der Waals surface area contributed by atoms with Crippen LogP contribution in [0.25, 0.3) is 0 Å². The number of rotatable bonds is 6. The van der Waals surface area contributed by atoms with E-state index in [0.29, 0.717) is 0 Å². The third-order valence-electron chi connectivity index (χ3n) is 3.34. The molecule has 1 amide bonds. The molecule has 0 aliphatic heterocycles. The second-order valence-corrected chi connectivity index (χ2v) is 5.39. The Kier molecular flexibility index (Phi) is 5.51. The van der Waals surface area contributed by atoms with Crippen molar-refractivity contribution in [3.05, 3.63) is 35.9 Å². The van der Waals surface area contributed by atoms with E-state index in [1.165, 1.54) is 0 Å². The normalized spacial score (nSPS) is 15.9. The maximum atomic E-state index is 11.9. The van der Waals surface area contributed by atoms with Gasteiger partial charge in [-0.15, -0.1) is 0 Å². The maximum Gasteiger partial charge on any atom is 0.225 e. The zero-order valence-electron chi connectivity index (χ0n) is 11.8. The van der Waals surface area contributed by atoms with Crippen molar-refractivity contribution in [1.29, 1.82) is 0 Å². The van der Waals surface area contributed by atoms with E-state index in [-0.39, 0.29) is 25.0 Å². The third kappa shape index (κ3) is 4.33. The van der Waals surface area contributed by atoms with Gasteiger partial charge in [0.25, 0.3) is 0 Å². The highest BCUT2D eigenvalue weighted by atomic mass is 16.3. The number of hydrogen-bond donors (Lipinski definition) is 3. The standard InChI is InChI=1S/C15H23NO3/c1-11(2)13(9-17)14(18)16-10-15(3,19)12-7-5-4-6-8-12/h4-8,11,13,17,19H,9-10H2,1-3H3,(H,16,18)/t13-,15+/m0/s1. The Labute approximate surface area is 114 Å². The van der Waals surface area contributed by atoms with E-state index in [0.717, 1.165) is 5.56 Å². The van der Waals surface area contributed by atoms with Gasteiger partial charge < -0.3 is 15.5 Å². The lowest BCUT2D eigenvalue weighted by atomic mass is 9.93. The molecule has 0 aliphatic carbocycles. The van der Waals surface area contributed by atoms with Gasteiger partial charge in [0.2, 0.25) is 5.91 Å². The number of aliphatic hydroxyl groups is 2. The van der Waals surface area contributed by atoms with Crippen LogP contribution in [0.5, 0.6) is 0 Å². The summed E-state index contributed by atoms with van der Waals surface area (Å²) in [5, 5.41) is 22.2. The Balaban J connectivity index is 2.63. The summed E-state index contributed by atoms with van der Waals surface area (Å²) >= 11 is 0. The maximum absolute atomic E-state index is 11.9. The van der Waals surface area contributed by atoms with Crippen molar-refractivity contribution in [3.63, 3.8) is 0 Å². The minimum atomic E-state index is -1.12. The molecule has 0 radical (unpaired) electrons. The molecular weight excluding hydrogens is 242 g/mol. The quantitative estimate of drug-likeness (QED) is 0.725. The molecule has 1 aromatic carbocycles. The predicted octanol–water partition coefficient (Wildman–Crippen LogP) is 1.27. The molecule has 3 N–H and O–H groups in total. The summed E-state index contributed by atoms with van der Waals surface area (Å²) in [4.78, 5) is 11.9. The van der Waals surface area contributed by atoms with E-state index in [2.05, 4.69) is 5.32 Å². The van der Waals surface area contributed by atoms with Crippen molar-refractivity contribution >= 4 is 5.91 Å². The summed E-state index contributed by atoms with van der Waals surface area (Å²) in [5.41, 5.74) is -0.367. The minimum Gasteiger partial charge on any atom is -0.396 e. The van der Waals surface area contributed by atoms with E-state index >= 15 is 0 Å². The van der Waals surface area contributed by atoms with Gasteiger partial charge in [-0.3, -0.25) is 4.79 Å². The smallest absolute Gasteiger partial charge is 0.225 e. The van der Waals surface area contributed by atoms with Crippen molar-refractivity contribution in [2.75, 3.05) is 13.2 Å². The van der Waals surface area contributed by atoms with Crippen LogP contribution in [0, 0.1) is 11.8 Å². The highest BCUT2D eigenvalue weighted by Crippen LogP contribution is 2.19. The van der Waals surface area contributed by atoms with Gasteiger partial charge in [-0.25, -0.2) is 0 Å². The van der Waals surface area contributed by atoms with Gasteiger partial charge in [-0.2, -0.15) is 0 Å².